The van der Waals surface area contributed by atoms with Crippen molar-refractivity contribution in [3.05, 3.63) is 0 Å². The molecule has 0 bridgehead atoms. The van der Waals surface area contributed by atoms with Crippen LogP contribution >= 0.6 is 12.2 Å². The van der Waals surface area contributed by atoms with Crippen LogP contribution in [0.3, 0.4) is 0 Å². The summed E-state index contributed by atoms with van der Waals surface area (Å²) in [6.45, 7) is 5.17. The van der Waals surface area contributed by atoms with Gasteiger partial charge < -0.3 is 15.7 Å². The first-order valence-electron chi connectivity index (χ1n) is 5.59. The van der Waals surface area contributed by atoms with Gasteiger partial charge >= 0.3 is 0 Å². The lowest BCUT2D eigenvalue weighted by Gasteiger charge is -2.28. The molecule has 1 saturated heterocycles. The Kier molecular flexibility index (Phi) is 4.27. The molecule has 16 heavy (non-hydrogen) atoms. The lowest BCUT2D eigenvalue weighted by Crippen LogP contribution is -2.46. The predicted octanol–water partition coefficient (Wildman–Crippen LogP) is 0.530. The molecule has 0 aromatic heterocycles. The number of carbonyl (C=O) groups is 1. The minimum absolute atomic E-state index is 0.000407. The molecule has 0 saturated carbocycles. The van der Waals surface area contributed by atoms with Gasteiger partial charge in [0.2, 0.25) is 5.91 Å². The van der Waals surface area contributed by atoms with Crippen molar-refractivity contribution in [1.29, 1.82) is 0 Å². The number of amides is 1. The number of likely N-dealkylation sites (tertiary alicyclic amines) is 1. The van der Waals surface area contributed by atoms with Crippen molar-refractivity contribution >= 4 is 23.1 Å². The Morgan fingerprint density at radius 1 is 1.62 bits per heavy atom. The van der Waals surface area contributed by atoms with E-state index in [9.17, 15) is 4.79 Å². The number of hydrogen-bond donors (Lipinski definition) is 2. The topological polar surface area (TPSA) is 66.6 Å². The van der Waals surface area contributed by atoms with Crippen molar-refractivity contribution in [1.82, 2.24) is 4.90 Å². The SMILES string of the molecule is CC(C)(C(=O)N1CCC(CCO)C1)C(N)=S. The number of carbonyl (C=O) groups excluding carboxylic acids is 1. The van der Waals surface area contributed by atoms with Crippen LogP contribution in [-0.2, 0) is 4.79 Å². The second-order valence-electron chi connectivity index (χ2n) is 4.91. The highest BCUT2D eigenvalue weighted by Crippen LogP contribution is 2.26. The monoisotopic (exact) mass is 244 g/mol. The lowest BCUT2D eigenvalue weighted by atomic mass is 9.91. The highest BCUT2D eigenvalue weighted by atomic mass is 32.1. The van der Waals surface area contributed by atoms with E-state index in [2.05, 4.69) is 0 Å². The number of nitrogens with two attached hydrogens (primary N) is 1. The van der Waals surface area contributed by atoms with Crippen LogP contribution in [0.25, 0.3) is 0 Å². The van der Waals surface area contributed by atoms with E-state index in [0.29, 0.717) is 12.5 Å². The van der Waals surface area contributed by atoms with Gasteiger partial charge in [-0.05, 0) is 32.6 Å². The van der Waals surface area contributed by atoms with Crippen LogP contribution in [0.2, 0.25) is 0 Å². The van der Waals surface area contributed by atoms with Crippen LogP contribution in [0.15, 0.2) is 0 Å². The van der Waals surface area contributed by atoms with Gasteiger partial charge in [-0.2, -0.15) is 0 Å². The molecule has 0 aromatic rings. The standard InChI is InChI=1S/C11H20N2O2S/c1-11(2,9(12)16)10(15)13-5-3-8(7-13)4-6-14/h8,14H,3-7H2,1-2H3,(H2,12,16). The van der Waals surface area contributed by atoms with Gasteiger partial charge in [-0.25, -0.2) is 0 Å². The zero-order valence-electron chi connectivity index (χ0n) is 9.90. The number of nitrogens with zero attached hydrogens (tertiary/aromatic N) is 1. The molecule has 1 unspecified atom stereocenters. The Morgan fingerprint density at radius 3 is 2.75 bits per heavy atom. The lowest BCUT2D eigenvalue weighted by molar-refractivity contribution is -0.135. The van der Waals surface area contributed by atoms with Crippen molar-refractivity contribution in [2.24, 2.45) is 17.1 Å². The van der Waals surface area contributed by atoms with E-state index >= 15 is 0 Å². The Hall–Kier alpha value is -0.680. The van der Waals surface area contributed by atoms with Crippen LogP contribution in [-0.4, -0.2) is 40.6 Å². The van der Waals surface area contributed by atoms with Crippen molar-refractivity contribution in [3.63, 3.8) is 0 Å². The third kappa shape index (κ3) is 2.71. The Bertz CT molecular complexity index is 292. The normalized spacial score (nSPS) is 21.2. The van der Waals surface area contributed by atoms with Gasteiger partial charge in [-0.15, -0.1) is 0 Å². The molecule has 1 heterocycles. The summed E-state index contributed by atoms with van der Waals surface area (Å²) in [7, 11) is 0. The van der Waals surface area contributed by atoms with Crippen molar-refractivity contribution < 1.29 is 9.90 Å². The molecule has 1 rings (SSSR count). The van der Waals surface area contributed by atoms with Gasteiger partial charge in [-0.3, -0.25) is 4.79 Å². The molecule has 5 heteroatoms. The minimum atomic E-state index is -0.760. The fourth-order valence-electron chi connectivity index (χ4n) is 1.94. The fourth-order valence-corrected chi connectivity index (χ4v) is 2.02. The Balaban J connectivity index is 2.60. The van der Waals surface area contributed by atoms with Crippen molar-refractivity contribution in [3.8, 4) is 0 Å². The largest absolute Gasteiger partial charge is 0.396 e. The van der Waals surface area contributed by atoms with Crippen LogP contribution in [0.4, 0.5) is 0 Å². The minimum Gasteiger partial charge on any atom is -0.396 e. The summed E-state index contributed by atoms with van der Waals surface area (Å²) >= 11 is 4.91. The van der Waals surface area contributed by atoms with Gasteiger partial charge in [0.15, 0.2) is 0 Å². The zero-order valence-corrected chi connectivity index (χ0v) is 10.7. The van der Waals surface area contributed by atoms with Crippen LogP contribution < -0.4 is 5.73 Å². The van der Waals surface area contributed by atoms with E-state index in [1.54, 1.807) is 18.7 Å². The molecule has 0 spiro atoms. The molecule has 92 valence electrons. The van der Waals surface area contributed by atoms with Gasteiger partial charge in [0.1, 0.15) is 0 Å². The quantitative estimate of drug-likeness (QED) is 0.708. The number of aliphatic hydroxyl groups is 1. The van der Waals surface area contributed by atoms with Gasteiger partial charge in [0.05, 0.1) is 10.4 Å². The van der Waals surface area contributed by atoms with E-state index in [1.807, 2.05) is 0 Å². The van der Waals surface area contributed by atoms with Crippen molar-refractivity contribution in [2.45, 2.75) is 26.7 Å². The number of hydrogen-bond acceptors (Lipinski definition) is 3. The summed E-state index contributed by atoms with van der Waals surface area (Å²) in [5.41, 5.74) is 4.82. The third-order valence-corrected chi connectivity index (χ3v) is 3.77. The second kappa shape index (κ2) is 5.10. The zero-order chi connectivity index (χ0) is 12.3. The average Bonchev–Trinajstić information content (AvgIpc) is 2.65. The number of thiocarbonyl (C=S) groups is 1. The maximum absolute atomic E-state index is 12.2. The smallest absolute Gasteiger partial charge is 0.235 e. The number of rotatable bonds is 4. The molecule has 1 fully saturated rings. The van der Waals surface area contributed by atoms with E-state index in [-0.39, 0.29) is 17.5 Å². The maximum atomic E-state index is 12.2. The summed E-state index contributed by atoms with van der Waals surface area (Å²) in [4.78, 5) is 14.2. The first-order valence-corrected chi connectivity index (χ1v) is 6.00. The third-order valence-electron chi connectivity index (χ3n) is 3.26. The first-order chi connectivity index (χ1) is 7.39. The van der Waals surface area contributed by atoms with E-state index in [4.69, 9.17) is 23.1 Å². The van der Waals surface area contributed by atoms with Crippen LogP contribution in [0.1, 0.15) is 26.7 Å². The summed E-state index contributed by atoms with van der Waals surface area (Å²) < 4.78 is 0. The predicted molar refractivity (Wildman–Crippen MR) is 67.0 cm³/mol. The van der Waals surface area contributed by atoms with Gasteiger partial charge in [0.25, 0.3) is 0 Å². The molecule has 3 N–H and O–H groups in total. The summed E-state index contributed by atoms with van der Waals surface area (Å²) in [5.74, 6) is 0.413. The first kappa shape index (κ1) is 13.4. The molecule has 4 nitrogen and oxygen atoms in total. The number of aliphatic hydroxyl groups excluding tert-OH is 1. The van der Waals surface area contributed by atoms with Crippen molar-refractivity contribution in [2.75, 3.05) is 19.7 Å². The summed E-state index contributed by atoms with van der Waals surface area (Å²) in [5, 5.41) is 8.86. The maximum Gasteiger partial charge on any atom is 0.235 e. The summed E-state index contributed by atoms with van der Waals surface area (Å²) in [6, 6.07) is 0. The van der Waals surface area contributed by atoms with E-state index < -0.39 is 5.41 Å². The second-order valence-corrected chi connectivity index (χ2v) is 5.35. The molecule has 1 amide bonds. The van der Waals surface area contributed by atoms with Gasteiger partial charge in [0, 0.05) is 19.7 Å². The fraction of sp³-hybridized carbons (Fsp3) is 0.818. The molecule has 1 aliphatic rings. The highest BCUT2D eigenvalue weighted by molar-refractivity contribution is 7.80. The molecule has 0 aliphatic carbocycles. The van der Waals surface area contributed by atoms with Gasteiger partial charge in [-0.1, -0.05) is 12.2 Å². The Labute approximate surface area is 102 Å². The molecule has 0 aromatic carbocycles. The summed E-state index contributed by atoms with van der Waals surface area (Å²) in [6.07, 6.45) is 1.72. The highest BCUT2D eigenvalue weighted by Gasteiger charge is 2.37. The molecule has 0 radical (unpaired) electrons. The van der Waals surface area contributed by atoms with E-state index in [1.165, 1.54) is 0 Å². The molecular weight excluding hydrogens is 224 g/mol. The van der Waals surface area contributed by atoms with Crippen LogP contribution in [0, 0.1) is 11.3 Å². The molecule has 1 atom stereocenters. The molecule has 1 aliphatic heterocycles. The Morgan fingerprint density at radius 2 is 2.25 bits per heavy atom. The van der Waals surface area contributed by atoms with Crippen LogP contribution in [0.5, 0.6) is 0 Å². The average molecular weight is 244 g/mol. The molecular formula is C11H20N2O2S. The van der Waals surface area contributed by atoms with E-state index in [0.717, 1.165) is 19.4 Å².